The molecule has 8 nitrogen and oxygen atoms in total. The summed E-state index contributed by atoms with van der Waals surface area (Å²) in [7, 11) is 0. The van der Waals surface area contributed by atoms with Crippen LogP contribution in [0.5, 0.6) is 0 Å². The summed E-state index contributed by atoms with van der Waals surface area (Å²) in [5, 5.41) is 3.71. The number of carbonyl (C=O) groups is 2. The van der Waals surface area contributed by atoms with E-state index in [1.54, 1.807) is 41.7 Å². The second kappa shape index (κ2) is 8.08. The van der Waals surface area contributed by atoms with Crippen molar-refractivity contribution in [2.45, 2.75) is 24.7 Å². The first-order valence-electron chi connectivity index (χ1n) is 9.82. The lowest BCUT2D eigenvalue weighted by Gasteiger charge is -2.30. The second-order valence-corrected chi connectivity index (χ2v) is 7.39. The van der Waals surface area contributed by atoms with Crippen molar-refractivity contribution in [1.82, 2.24) is 14.9 Å². The summed E-state index contributed by atoms with van der Waals surface area (Å²) in [4.78, 5) is 52.2. The minimum absolute atomic E-state index is 0.122. The fourth-order valence-electron chi connectivity index (χ4n) is 3.76. The van der Waals surface area contributed by atoms with Gasteiger partial charge >= 0.3 is 11.9 Å². The minimum atomic E-state index is -5.39. The van der Waals surface area contributed by atoms with Gasteiger partial charge in [0.25, 0.3) is 22.9 Å². The van der Waals surface area contributed by atoms with E-state index < -0.39 is 46.2 Å². The van der Waals surface area contributed by atoms with Crippen LogP contribution in [0, 0.1) is 0 Å². The maximum atomic E-state index is 14.4. The summed E-state index contributed by atoms with van der Waals surface area (Å²) in [5.41, 5.74) is -6.52. The number of amides is 2. The van der Waals surface area contributed by atoms with Crippen molar-refractivity contribution in [2.75, 3.05) is 5.32 Å². The van der Waals surface area contributed by atoms with Gasteiger partial charge in [0.2, 0.25) is 0 Å². The Kier molecular flexibility index (Phi) is 5.40. The van der Waals surface area contributed by atoms with Crippen LogP contribution in [0.3, 0.4) is 0 Å². The van der Waals surface area contributed by atoms with Crippen LogP contribution in [0.25, 0.3) is 0 Å². The molecule has 170 valence electrons. The van der Waals surface area contributed by atoms with E-state index in [0.29, 0.717) is 0 Å². The number of aromatic amines is 1. The van der Waals surface area contributed by atoms with E-state index in [9.17, 15) is 32.3 Å². The van der Waals surface area contributed by atoms with Gasteiger partial charge in [0.1, 0.15) is 11.4 Å². The van der Waals surface area contributed by atoms with Crippen molar-refractivity contribution in [1.29, 1.82) is 0 Å². The van der Waals surface area contributed by atoms with Gasteiger partial charge in [-0.15, -0.1) is 0 Å². The van der Waals surface area contributed by atoms with Gasteiger partial charge in [0, 0.05) is 12.1 Å². The Morgan fingerprint density at radius 3 is 2.18 bits per heavy atom. The lowest BCUT2D eigenvalue weighted by Crippen LogP contribution is -2.62. The molecule has 2 amide bonds. The Morgan fingerprint density at radius 1 is 0.970 bits per heavy atom. The second-order valence-electron chi connectivity index (χ2n) is 7.39. The molecule has 2 aromatic carbocycles. The number of nitrogens with one attached hydrogen (secondary N) is 3. The monoisotopic (exact) mass is 458 g/mol. The summed E-state index contributed by atoms with van der Waals surface area (Å²) in [6.45, 7) is -0.122. The minimum Gasteiger partial charge on any atom is -0.326 e. The largest absolute Gasteiger partial charge is 0.425 e. The average Bonchev–Trinajstić information content (AvgIpc) is 3.08. The number of alkyl halides is 3. The molecule has 2 heterocycles. The van der Waals surface area contributed by atoms with Crippen LogP contribution in [0.4, 0.5) is 19.0 Å². The molecule has 0 spiro atoms. The molecule has 0 saturated carbocycles. The van der Waals surface area contributed by atoms with E-state index in [4.69, 9.17) is 0 Å². The number of rotatable bonds is 5. The molecule has 3 aromatic rings. The van der Waals surface area contributed by atoms with Crippen LogP contribution in [-0.2, 0) is 23.3 Å². The Morgan fingerprint density at radius 2 is 1.58 bits per heavy atom. The van der Waals surface area contributed by atoms with Crippen LogP contribution in [-0.4, -0.2) is 27.5 Å². The van der Waals surface area contributed by atoms with Crippen molar-refractivity contribution in [3.8, 4) is 0 Å². The SMILES string of the molecule is O=C(N[C@]1(C(F)(F)F)C(=O)Nc2c1c(=O)[nH]c(=O)n2CCc1ccccc1)c1ccccc1. The van der Waals surface area contributed by atoms with Crippen molar-refractivity contribution < 1.29 is 22.8 Å². The molecule has 0 aliphatic carbocycles. The Hall–Kier alpha value is -4.15. The highest BCUT2D eigenvalue weighted by Crippen LogP contribution is 2.45. The average molecular weight is 458 g/mol. The first-order valence-corrected chi connectivity index (χ1v) is 9.82. The third kappa shape index (κ3) is 3.71. The van der Waals surface area contributed by atoms with Crippen molar-refractivity contribution in [2.24, 2.45) is 0 Å². The maximum Gasteiger partial charge on any atom is 0.425 e. The maximum absolute atomic E-state index is 14.4. The molecule has 0 bridgehead atoms. The Labute approximate surface area is 184 Å². The van der Waals surface area contributed by atoms with E-state index >= 15 is 0 Å². The summed E-state index contributed by atoms with van der Waals surface area (Å²) in [6, 6.07) is 15.8. The lowest BCUT2D eigenvalue weighted by molar-refractivity contribution is -0.196. The third-order valence-corrected chi connectivity index (χ3v) is 5.38. The van der Waals surface area contributed by atoms with E-state index in [1.165, 1.54) is 24.3 Å². The summed E-state index contributed by atoms with van der Waals surface area (Å²) < 4.78 is 44.0. The van der Waals surface area contributed by atoms with E-state index in [-0.39, 0.29) is 18.5 Å². The van der Waals surface area contributed by atoms with Gasteiger partial charge in [-0.2, -0.15) is 13.2 Å². The number of H-pyrrole nitrogens is 1. The van der Waals surface area contributed by atoms with Gasteiger partial charge in [0.05, 0.1) is 0 Å². The Balaban J connectivity index is 1.84. The number of benzene rings is 2. The quantitative estimate of drug-likeness (QED) is 0.542. The zero-order valence-corrected chi connectivity index (χ0v) is 16.9. The fraction of sp³-hybridized carbons (Fsp3) is 0.182. The predicted octanol–water partition coefficient (Wildman–Crippen LogP) is 1.92. The standard InChI is InChI=1S/C22H17F3N4O4/c23-22(24,25)21(28-17(30)14-9-5-2-6-10-14)15-16(26-19(21)32)29(20(33)27-18(15)31)12-11-13-7-3-1-4-8-13/h1-10H,11-12H2,(H,26,32)(H,28,30)(H,27,31,33)/t21-/m0/s1. The topological polar surface area (TPSA) is 113 Å². The van der Waals surface area contributed by atoms with Gasteiger partial charge in [-0.05, 0) is 24.1 Å². The number of hydrogen-bond acceptors (Lipinski definition) is 4. The first-order chi connectivity index (χ1) is 15.6. The zero-order chi connectivity index (χ0) is 23.8. The molecule has 1 aliphatic heterocycles. The molecule has 1 aromatic heterocycles. The molecule has 1 atom stereocenters. The highest BCUT2D eigenvalue weighted by Gasteiger charge is 2.68. The van der Waals surface area contributed by atoms with Gasteiger partial charge in [-0.3, -0.25) is 23.9 Å². The predicted molar refractivity (Wildman–Crippen MR) is 112 cm³/mol. The number of fused-ring (bicyclic) bond motifs is 1. The Bertz CT molecular complexity index is 1330. The molecule has 4 rings (SSSR count). The number of nitrogens with zero attached hydrogens (tertiary/aromatic N) is 1. The molecular formula is C22H17F3N4O4. The smallest absolute Gasteiger partial charge is 0.326 e. The number of carbonyl (C=O) groups excluding carboxylic acids is 2. The van der Waals surface area contributed by atoms with Crippen LogP contribution in [0.15, 0.2) is 70.3 Å². The highest BCUT2D eigenvalue weighted by molar-refractivity contribution is 6.09. The molecular weight excluding hydrogens is 441 g/mol. The zero-order valence-electron chi connectivity index (χ0n) is 16.9. The first kappa shape index (κ1) is 22.1. The van der Waals surface area contributed by atoms with Gasteiger partial charge in [0.15, 0.2) is 0 Å². The van der Waals surface area contributed by atoms with Crippen molar-refractivity contribution in [3.63, 3.8) is 0 Å². The number of aryl methyl sites for hydroxylation is 1. The highest BCUT2D eigenvalue weighted by atomic mass is 19.4. The van der Waals surface area contributed by atoms with Gasteiger partial charge in [-0.25, -0.2) is 4.79 Å². The summed E-state index contributed by atoms with van der Waals surface area (Å²) >= 11 is 0. The molecule has 0 fully saturated rings. The van der Waals surface area contributed by atoms with E-state index in [0.717, 1.165) is 10.1 Å². The molecule has 0 radical (unpaired) electrons. The van der Waals surface area contributed by atoms with Crippen LogP contribution in [0.2, 0.25) is 0 Å². The van der Waals surface area contributed by atoms with Crippen molar-refractivity contribution >= 4 is 17.6 Å². The van der Waals surface area contributed by atoms with Crippen molar-refractivity contribution in [3.05, 3.63) is 98.2 Å². The number of halogens is 3. The van der Waals surface area contributed by atoms with Crippen LogP contribution >= 0.6 is 0 Å². The molecule has 0 saturated heterocycles. The fourth-order valence-corrected chi connectivity index (χ4v) is 3.76. The molecule has 11 heteroatoms. The van der Waals surface area contributed by atoms with Crippen LogP contribution in [0.1, 0.15) is 21.5 Å². The van der Waals surface area contributed by atoms with Crippen LogP contribution < -0.4 is 21.9 Å². The van der Waals surface area contributed by atoms with Gasteiger partial charge in [-0.1, -0.05) is 48.5 Å². The summed E-state index contributed by atoms with van der Waals surface area (Å²) in [6.07, 6.45) is -5.15. The molecule has 33 heavy (non-hydrogen) atoms. The van der Waals surface area contributed by atoms with E-state index in [2.05, 4.69) is 0 Å². The lowest BCUT2D eigenvalue weighted by atomic mass is 9.91. The molecule has 3 N–H and O–H groups in total. The van der Waals surface area contributed by atoms with Gasteiger partial charge < -0.3 is 10.6 Å². The normalized spacial score (nSPS) is 17.4. The summed E-state index contributed by atoms with van der Waals surface area (Å²) in [5.74, 6) is -3.49. The number of hydrogen-bond donors (Lipinski definition) is 3. The molecule has 0 unspecified atom stereocenters. The number of anilines is 1. The van der Waals surface area contributed by atoms with E-state index in [1.807, 2.05) is 10.3 Å². The third-order valence-electron chi connectivity index (χ3n) is 5.38. The molecule has 1 aliphatic rings. The number of aromatic nitrogens is 2.